The number of likely N-dealkylation sites (tertiary alicyclic amines) is 1. The molecular weight excluding hydrogens is 379 g/mol. The number of rotatable bonds is 3. The Kier molecular flexibility index (Phi) is 4.94. The minimum absolute atomic E-state index is 0.325. The molecule has 0 N–H and O–H groups in total. The van der Waals surface area contributed by atoms with Crippen molar-refractivity contribution in [2.45, 2.75) is 26.2 Å². The van der Waals surface area contributed by atoms with E-state index in [4.69, 9.17) is 11.6 Å². The van der Waals surface area contributed by atoms with Crippen LogP contribution in [-0.2, 0) is 9.59 Å². The van der Waals surface area contributed by atoms with E-state index in [0.717, 1.165) is 37.9 Å². The summed E-state index contributed by atoms with van der Waals surface area (Å²) in [5, 5.41) is 0.455. The van der Waals surface area contributed by atoms with Crippen LogP contribution in [0.1, 0.15) is 30.4 Å². The number of halogens is 2. The molecule has 0 unspecified atom stereocenters. The van der Waals surface area contributed by atoms with Gasteiger partial charge in [0.15, 0.2) is 0 Å². The highest BCUT2D eigenvalue weighted by molar-refractivity contribution is 6.45. The molecule has 2 aliphatic heterocycles. The lowest BCUT2D eigenvalue weighted by atomic mass is 10.0. The van der Waals surface area contributed by atoms with E-state index in [-0.39, 0.29) is 11.7 Å². The van der Waals surface area contributed by atoms with Gasteiger partial charge < -0.3 is 4.90 Å². The van der Waals surface area contributed by atoms with Crippen molar-refractivity contribution in [2.24, 2.45) is 0 Å². The molecule has 0 saturated carbocycles. The Morgan fingerprint density at radius 2 is 1.61 bits per heavy atom. The molecule has 28 heavy (non-hydrogen) atoms. The Labute approximate surface area is 168 Å². The predicted octanol–water partition coefficient (Wildman–Crippen LogP) is 4.56. The first-order valence-corrected chi connectivity index (χ1v) is 9.75. The standard InChI is InChI=1S/C22H20ClFN2O2/c1-14-5-8-16(23)13-18(14)26-21(27)19(15-6-9-17(24)10-7-15)20(22(26)28)25-11-3-2-4-12-25/h5-10,13H,2-4,11-12H2,1H3. The van der Waals surface area contributed by atoms with E-state index in [0.29, 0.717) is 27.5 Å². The molecule has 144 valence electrons. The normalized spacial score (nSPS) is 17.7. The van der Waals surface area contributed by atoms with Crippen molar-refractivity contribution in [1.82, 2.24) is 4.90 Å². The summed E-state index contributed by atoms with van der Waals surface area (Å²) in [6.07, 6.45) is 3.05. The second-order valence-electron chi connectivity index (χ2n) is 7.15. The van der Waals surface area contributed by atoms with Crippen LogP contribution < -0.4 is 4.90 Å². The maximum absolute atomic E-state index is 13.4. The maximum Gasteiger partial charge on any atom is 0.282 e. The van der Waals surface area contributed by atoms with Crippen LogP contribution in [0.5, 0.6) is 0 Å². The molecule has 0 bridgehead atoms. The molecule has 0 spiro atoms. The number of benzene rings is 2. The fraction of sp³-hybridized carbons (Fsp3) is 0.273. The molecule has 0 radical (unpaired) electrons. The van der Waals surface area contributed by atoms with Crippen molar-refractivity contribution < 1.29 is 14.0 Å². The third-order valence-corrected chi connectivity index (χ3v) is 5.51. The number of aryl methyl sites for hydroxylation is 1. The van der Waals surface area contributed by atoms with Crippen LogP contribution in [-0.4, -0.2) is 29.8 Å². The molecule has 1 saturated heterocycles. The summed E-state index contributed by atoms with van der Waals surface area (Å²) in [6, 6.07) is 10.9. The summed E-state index contributed by atoms with van der Waals surface area (Å²) >= 11 is 6.13. The Balaban J connectivity index is 1.85. The van der Waals surface area contributed by atoms with Gasteiger partial charge in [0.25, 0.3) is 11.8 Å². The number of hydrogen-bond donors (Lipinski definition) is 0. The van der Waals surface area contributed by atoms with Crippen molar-refractivity contribution in [3.8, 4) is 0 Å². The third-order valence-electron chi connectivity index (χ3n) is 5.28. The van der Waals surface area contributed by atoms with Crippen molar-refractivity contribution in [2.75, 3.05) is 18.0 Å². The first-order chi connectivity index (χ1) is 13.5. The van der Waals surface area contributed by atoms with Gasteiger partial charge in [0.1, 0.15) is 11.5 Å². The highest BCUT2D eigenvalue weighted by Gasteiger charge is 2.43. The van der Waals surface area contributed by atoms with E-state index in [1.54, 1.807) is 30.3 Å². The average molecular weight is 399 g/mol. The Morgan fingerprint density at radius 3 is 2.29 bits per heavy atom. The lowest BCUT2D eigenvalue weighted by Gasteiger charge is -2.29. The van der Waals surface area contributed by atoms with E-state index < -0.39 is 5.91 Å². The maximum atomic E-state index is 13.4. The number of carbonyl (C=O) groups is 2. The second kappa shape index (κ2) is 7.40. The van der Waals surface area contributed by atoms with Gasteiger partial charge in [-0.05, 0) is 61.6 Å². The zero-order chi connectivity index (χ0) is 19.8. The Bertz CT molecular complexity index is 979. The number of nitrogens with zero attached hydrogens (tertiary/aromatic N) is 2. The van der Waals surface area contributed by atoms with Gasteiger partial charge in [-0.3, -0.25) is 9.59 Å². The SMILES string of the molecule is Cc1ccc(Cl)cc1N1C(=O)C(c2ccc(F)cc2)=C(N2CCCCC2)C1=O. The van der Waals surface area contributed by atoms with Gasteiger partial charge in [-0.1, -0.05) is 29.8 Å². The van der Waals surface area contributed by atoms with Crippen molar-refractivity contribution in [3.63, 3.8) is 0 Å². The smallest absolute Gasteiger partial charge is 0.282 e. The Morgan fingerprint density at radius 1 is 0.929 bits per heavy atom. The fourth-order valence-electron chi connectivity index (χ4n) is 3.85. The molecule has 2 heterocycles. The van der Waals surface area contributed by atoms with Crippen LogP contribution in [0.3, 0.4) is 0 Å². The minimum Gasteiger partial charge on any atom is -0.366 e. The topological polar surface area (TPSA) is 40.6 Å². The zero-order valence-electron chi connectivity index (χ0n) is 15.5. The molecule has 1 fully saturated rings. The molecule has 0 aromatic heterocycles. The molecule has 4 nitrogen and oxygen atoms in total. The summed E-state index contributed by atoms with van der Waals surface area (Å²) in [5.74, 6) is -1.14. The first-order valence-electron chi connectivity index (χ1n) is 9.37. The van der Waals surface area contributed by atoms with E-state index in [1.165, 1.54) is 17.0 Å². The monoisotopic (exact) mass is 398 g/mol. The fourth-order valence-corrected chi connectivity index (χ4v) is 4.01. The lowest BCUT2D eigenvalue weighted by Crippen LogP contribution is -2.37. The molecule has 2 amide bonds. The van der Waals surface area contributed by atoms with E-state index in [9.17, 15) is 14.0 Å². The van der Waals surface area contributed by atoms with Gasteiger partial charge >= 0.3 is 0 Å². The van der Waals surface area contributed by atoms with Gasteiger partial charge in [-0.25, -0.2) is 9.29 Å². The highest BCUT2D eigenvalue weighted by Crippen LogP contribution is 2.37. The minimum atomic E-state index is -0.400. The molecule has 2 aromatic rings. The lowest BCUT2D eigenvalue weighted by molar-refractivity contribution is -0.120. The van der Waals surface area contributed by atoms with Gasteiger partial charge in [0.2, 0.25) is 0 Å². The number of piperidine rings is 1. The average Bonchev–Trinajstić information content (AvgIpc) is 2.95. The molecule has 4 rings (SSSR count). The number of anilines is 1. The zero-order valence-corrected chi connectivity index (χ0v) is 16.3. The predicted molar refractivity (Wildman–Crippen MR) is 107 cm³/mol. The quantitative estimate of drug-likeness (QED) is 0.712. The molecule has 0 atom stereocenters. The molecule has 2 aromatic carbocycles. The van der Waals surface area contributed by atoms with Crippen LogP contribution in [0.2, 0.25) is 5.02 Å². The third kappa shape index (κ3) is 3.20. The summed E-state index contributed by atoms with van der Waals surface area (Å²) < 4.78 is 13.4. The summed E-state index contributed by atoms with van der Waals surface area (Å²) in [5.41, 5.74) is 2.53. The number of imide groups is 1. The molecule has 0 aliphatic carbocycles. The van der Waals surface area contributed by atoms with Crippen molar-refractivity contribution in [1.29, 1.82) is 0 Å². The van der Waals surface area contributed by atoms with Crippen LogP contribution in [0.4, 0.5) is 10.1 Å². The van der Waals surface area contributed by atoms with Crippen LogP contribution in [0, 0.1) is 12.7 Å². The summed E-state index contributed by atoms with van der Waals surface area (Å²) in [6.45, 7) is 3.28. The van der Waals surface area contributed by atoms with Gasteiger partial charge in [-0.15, -0.1) is 0 Å². The first kappa shape index (κ1) is 18.7. The van der Waals surface area contributed by atoms with Crippen LogP contribution in [0.15, 0.2) is 48.2 Å². The molecule has 6 heteroatoms. The van der Waals surface area contributed by atoms with Crippen molar-refractivity contribution >= 4 is 34.7 Å². The molecular formula is C22H20ClFN2O2. The van der Waals surface area contributed by atoms with Gasteiger partial charge in [0.05, 0.1) is 11.3 Å². The van der Waals surface area contributed by atoms with Gasteiger partial charge in [-0.2, -0.15) is 0 Å². The van der Waals surface area contributed by atoms with E-state index >= 15 is 0 Å². The van der Waals surface area contributed by atoms with Crippen molar-refractivity contribution in [3.05, 3.63) is 70.1 Å². The van der Waals surface area contributed by atoms with E-state index in [1.807, 2.05) is 11.8 Å². The highest BCUT2D eigenvalue weighted by atomic mass is 35.5. The number of amides is 2. The summed E-state index contributed by atoms with van der Waals surface area (Å²) in [4.78, 5) is 30.0. The van der Waals surface area contributed by atoms with Gasteiger partial charge in [0, 0.05) is 18.1 Å². The second-order valence-corrected chi connectivity index (χ2v) is 7.59. The number of carbonyl (C=O) groups excluding carboxylic acids is 2. The van der Waals surface area contributed by atoms with E-state index in [2.05, 4.69) is 0 Å². The van der Waals surface area contributed by atoms with Crippen LogP contribution >= 0.6 is 11.6 Å². The molecule has 2 aliphatic rings. The number of hydrogen-bond acceptors (Lipinski definition) is 3. The Hall–Kier alpha value is -2.66. The largest absolute Gasteiger partial charge is 0.366 e. The van der Waals surface area contributed by atoms with Crippen LogP contribution in [0.25, 0.3) is 5.57 Å². The summed E-state index contributed by atoms with van der Waals surface area (Å²) in [7, 11) is 0.